The summed E-state index contributed by atoms with van der Waals surface area (Å²) in [6.45, 7) is 2.19. The number of carbonyl (C=O) groups is 2. The molecule has 0 atom stereocenters. The highest BCUT2D eigenvalue weighted by Gasteiger charge is 2.27. The second kappa shape index (κ2) is 6.89. The predicted molar refractivity (Wildman–Crippen MR) is 103 cm³/mol. The third-order valence-electron chi connectivity index (χ3n) is 4.61. The van der Waals surface area contributed by atoms with Crippen LogP contribution in [0.3, 0.4) is 0 Å². The summed E-state index contributed by atoms with van der Waals surface area (Å²) in [6.07, 6.45) is 5.24. The number of carbonyl (C=O) groups excluding carboxylic acids is 2. The smallest absolute Gasteiger partial charge is 0.251 e. The number of benzene rings is 1. The minimum atomic E-state index is -0.197. The van der Waals surface area contributed by atoms with Crippen molar-refractivity contribution in [3.63, 3.8) is 0 Å². The Hall–Kier alpha value is -3.12. The number of amides is 2. The van der Waals surface area contributed by atoms with Crippen LogP contribution in [0, 0.1) is 0 Å². The number of aromatic nitrogens is 2. The minimum absolute atomic E-state index is 0.0947. The van der Waals surface area contributed by atoms with E-state index in [0.29, 0.717) is 29.4 Å². The highest BCUT2D eigenvalue weighted by atomic mass is 35.5. The topological polar surface area (TPSA) is 78.1 Å². The van der Waals surface area contributed by atoms with E-state index in [1.165, 1.54) is 6.92 Å². The van der Waals surface area contributed by atoms with Crippen molar-refractivity contribution in [2.24, 2.45) is 0 Å². The highest BCUT2D eigenvalue weighted by molar-refractivity contribution is 6.30. The summed E-state index contributed by atoms with van der Waals surface area (Å²) in [7, 11) is 0. The van der Waals surface area contributed by atoms with E-state index >= 15 is 0 Å². The molecule has 6 nitrogen and oxygen atoms in total. The van der Waals surface area contributed by atoms with Gasteiger partial charge in [-0.3, -0.25) is 14.7 Å². The second-order valence-electron chi connectivity index (χ2n) is 6.41. The van der Waals surface area contributed by atoms with Gasteiger partial charge in [0.15, 0.2) is 0 Å². The maximum atomic E-state index is 12.9. The highest BCUT2D eigenvalue weighted by Crippen LogP contribution is 2.36. The molecule has 1 aromatic carbocycles. The van der Waals surface area contributed by atoms with Crippen LogP contribution in [0.4, 0.5) is 0 Å². The summed E-state index contributed by atoms with van der Waals surface area (Å²) < 4.78 is 0. The quantitative estimate of drug-likeness (QED) is 0.730. The van der Waals surface area contributed by atoms with E-state index in [0.717, 1.165) is 22.3 Å². The van der Waals surface area contributed by atoms with Gasteiger partial charge in [0.1, 0.15) is 0 Å². The molecule has 2 N–H and O–H groups in total. The maximum Gasteiger partial charge on any atom is 0.251 e. The van der Waals surface area contributed by atoms with Gasteiger partial charge in [-0.25, -0.2) is 0 Å². The number of hydrogen-bond donors (Lipinski definition) is 2. The summed E-state index contributed by atoms with van der Waals surface area (Å²) in [5, 5.41) is 10.7. The molecule has 136 valence electrons. The molecule has 0 saturated heterocycles. The van der Waals surface area contributed by atoms with Gasteiger partial charge < -0.3 is 10.2 Å². The van der Waals surface area contributed by atoms with Gasteiger partial charge in [-0.05, 0) is 35.4 Å². The molecule has 2 amide bonds. The largest absolute Gasteiger partial charge is 0.348 e. The normalized spacial score (nSPS) is 12.9. The van der Waals surface area contributed by atoms with Crippen molar-refractivity contribution < 1.29 is 9.59 Å². The van der Waals surface area contributed by atoms with Gasteiger partial charge in [-0.2, -0.15) is 5.10 Å². The molecule has 2 heterocycles. The van der Waals surface area contributed by atoms with E-state index in [9.17, 15) is 9.59 Å². The number of nitrogens with one attached hydrogen (secondary N) is 2. The minimum Gasteiger partial charge on any atom is -0.348 e. The van der Waals surface area contributed by atoms with E-state index in [1.54, 1.807) is 29.4 Å². The molecule has 0 saturated carbocycles. The monoisotopic (exact) mass is 380 g/mol. The Kier molecular flexibility index (Phi) is 4.41. The fourth-order valence-corrected chi connectivity index (χ4v) is 3.49. The molecule has 0 fully saturated rings. The second-order valence-corrected chi connectivity index (χ2v) is 6.85. The molecule has 3 aliphatic rings. The van der Waals surface area contributed by atoms with E-state index in [1.807, 2.05) is 24.3 Å². The van der Waals surface area contributed by atoms with Crippen molar-refractivity contribution in [2.45, 2.75) is 20.0 Å². The molecule has 4 rings (SSSR count). The zero-order valence-corrected chi connectivity index (χ0v) is 15.4. The van der Waals surface area contributed by atoms with Crippen LogP contribution in [0.15, 0.2) is 42.7 Å². The van der Waals surface area contributed by atoms with Crippen LogP contribution in [0.2, 0.25) is 5.02 Å². The zero-order chi connectivity index (χ0) is 19.0. The predicted octanol–water partition coefficient (Wildman–Crippen LogP) is 3.43. The summed E-state index contributed by atoms with van der Waals surface area (Å²) >= 11 is 6.00. The first-order valence-corrected chi connectivity index (χ1v) is 8.88. The molecule has 27 heavy (non-hydrogen) atoms. The van der Waals surface area contributed by atoms with Gasteiger partial charge in [0, 0.05) is 47.6 Å². The molecule has 2 aliphatic heterocycles. The summed E-state index contributed by atoms with van der Waals surface area (Å²) in [5.41, 5.74) is 4.75. The van der Waals surface area contributed by atoms with Gasteiger partial charge in [-0.1, -0.05) is 23.7 Å². The fourth-order valence-electron chi connectivity index (χ4n) is 3.28. The fraction of sp³-hybridized carbons (Fsp3) is 0.150. The van der Waals surface area contributed by atoms with Crippen molar-refractivity contribution in [1.82, 2.24) is 20.4 Å². The Morgan fingerprint density at radius 2 is 2.19 bits per heavy atom. The van der Waals surface area contributed by atoms with Gasteiger partial charge >= 0.3 is 0 Å². The molecule has 0 spiro atoms. The van der Waals surface area contributed by atoms with Crippen molar-refractivity contribution in [3.05, 3.63) is 70.1 Å². The lowest BCUT2D eigenvalue weighted by atomic mass is 10.1. The molecule has 1 aromatic rings. The lowest BCUT2D eigenvalue weighted by Gasteiger charge is -2.16. The molecular formula is C20H17ClN4O2. The van der Waals surface area contributed by atoms with Crippen LogP contribution in [0.5, 0.6) is 0 Å². The lowest BCUT2D eigenvalue weighted by Crippen LogP contribution is -2.26. The van der Waals surface area contributed by atoms with Gasteiger partial charge in [0.25, 0.3) is 5.91 Å². The summed E-state index contributed by atoms with van der Waals surface area (Å²) in [5.74, 6) is -0.291. The Morgan fingerprint density at radius 3 is 2.96 bits per heavy atom. The zero-order valence-electron chi connectivity index (χ0n) is 14.6. The Morgan fingerprint density at radius 1 is 1.33 bits per heavy atom. The van der Waals surface area contributed by atoms with Gasteiger partial charge in [-0.15, -0.1) is 0 Å². The molecule has 0 radical (unpaired) electrons. The summed E-state index contributed by atoms with van der Waals surface area (Å²) in [6, 6.07) is 9.19. The van der Waals surface area contributed by atoms with Crippen LogP contribution in [0.1, 0.15) is 34.1 Å². The SMILES string of the molecule is CC(=O)N1C=Cc2n[nH]cc3cc(C(=O)NCc4cccc(Cl)c4)c(c2-3)C1. The number of H-pyrrole nitrogens is 1. The number of hydrogen-bond acceptors (Lipinski definition) is 3. The van der Waals surface area contributed by atoms with Crippen LogP contribution in [0.25, 0.3) is 17.2 Å². The van der Waals surface area contributed by atoms with E-state index in [2.05, 4.69) is 15.5 Å². The third kappa shape index (κ3) is 3.31. The first kappa shape index (κ1) is 17.3. The molecule has 0 aromatic heterocycles. The standard InChI is InChI=1S/C20H17ClN4O2/c1-12(26)25-6-5-18-19-14(10-23-24-18)8-16(17(19)11-25)20(27)22-9-13-3-2-4-15(21)7-13/h2-8,10,23H,9,11H2,1H3,(H,22,27). The van der Waals surface area contributed by atoms with Gasteiger partial charge in [0.2, 0.25) is 5.91 Å². The Labute approximate surface area is 161 Å². The molecule has 1 aliphatic carbocycles. The molecule has 7 heteroatoms. The van der Waals surface area contributed by atoms with E-state index in [-0.39, 0.29) is 11.8 Å². The van der Waals surface area contributed by atoms with Crippen molar-refractivity contribution in [3.8, 4) is 11.1 Å². The number of rotatable bonds is 3. The Bertz CT molecular complexity index is 1040. The molecule has 0 bridgehead atoms. The Balaban J connectivity index is 1.67. The van der Waals surface area contributed by atoms with E-state index < -0.39 is 0 Å². The number of aromatic amines is 1. The lowest BCUT2D eigenvalue weighted by molar-refractivity contribution is -0.126. The average Bonchev–Trinajstić information content (AvgIpc) is 2.89. The van der Waals surface area contributed by atoms with E-state index in [4.69, 9.17) is 11.6 Å². The van der Waals surface area contributed by atoms with Crippen LogP contribution < -0.4 is 5.32 Å². The molecular weight excluding hydrogens is 364 g/mol. The average molecular weight is 381 g/mol. The third-order valence-corrected chi connectivity index (χ3v) is 4.84. The first-order valence-electron chi connectivity index (χ1n) is 8.50. The first-order chi connectivity index (χ1) is 13.0. The van der Waals surface area contributed by atoms with Crippen molar-refractivity contribution in [1.29, 1.82) is 0 Å². The van der Waals surface area contributed by atoms with Crippen molar-refractivity contribution >= 4 is 29.5 Å². The van der Waals surface area contributed by atoms with Crippen LogP contribution in [-0.2, 0) is 17.9 Å². The van der Waals surface area contributed by atoms with Crippen LogP contribution >= 0.6 is 11.6 Å². The maximum absolute atomic E-state index is 12.9. The molecule has 0 unspecified atom stereocenters. The number of halogens is 1. The van der Waals surface area contributed by atoms with Crippen LogP contribution in [-0.4, -0.2) is 26.9 Å². The van der Waals surface area contributed by atoms with Crippen molar-refractivity contribution in [2.75, 3.05) is 0 Å². The van der Waals surface area contributed by atoms with Gasteiger partial charge in [0.05, 0.1) is 12.2 Å². The number of nitrogens with zero attached hydrogens (tertiary/aromatic N) is 2. The summed E-state index contributed by atoms with van der Waals surface area (Å²) in [4.78, 5) is 26.4.